The van der Waals surface area contributed by atoms with Crippen LogP contribution in [0, 0.1) is 0 Å². The Balaban J connectivity index is 1.84. The van der Waals surface area contributed by atoms with Gasteiger partial charge in [0.1, 0.15) is 0 Å². The van der Waals surface area contributed by atoms with E-state index in [1.165, 1.54) is 0 Å². The van der Waals surface area contributed by atoms with Gasteiger partial charge >= 0.3 is 0 Å². The van der Waals surface area contributed by atoms with Gasteiger partial charge in [0.2, 0.25) is 17.8 Å². The lowest BCUT2D eigenvalue weighted by molar-refractivity contribution is 0.814. The van der Waals surface area contributed by atoms with Gasteiger partial charge in [0.05, 0.1) is 11.2 Å². The van der Waals surface area contributed by atoms with Crippen molar-refractivity contribution >= 4 is 52.9 Å². The normalized spacial score (nSPS) is 10.9. The van der Waals surface area contributed by atoms with E-state index in [9.17, 15) is 0 Å². The van der Waals surface area contributed by atoms with E-state index in [2.05, 4.69) is 30.8 Å². The van der Waals surface area contributed by atoms with E-state index in [1.807, 2.05) is 49.1 Å². The summed E-state index contributed by atoms with van der Waals surface area (Å²) in [5, 5.41) is 8.47. The van der Waals surface area contributed by atoms with Gasteiger partial charge in [-0.1, -0.05) is 47.5 Å². The Morgan fingerprint density at radius 2 is 1.69 bits per heavy atom. The van der Waals surface area contributed by atoms with E-state index in [0.29, 0.717) is 27.9 Å². The molecule has 0 unspecified atom stereocenters. The first-order chi connectivity index (χ1) is 14.1. The lowest BCUT2D eigenvalue weighted by Gasteiger charge is -2.19. The smallest absolute Gasteiger partial charge is 0.250 e. The molecule has 2 aromatic carbocycles. The fourth-order valence-electron chi connectivity index (χ4n) is 2.53. The van der Waals surface area contributed by atoms with Gasteiger partial charge in [0.25, 0.3) is 0 Å². The first kappa shape index (κ1) is 20.8. The molecule has 0 spiro atoms. The molecular weight excluding hydrogens is 409 g/mol. The highest BCUT2D eigenvalue weighted by Gasteiger charge is 2.11. The maximum absolute atomic E-state index is 6.17. The van der Waals surface area contributed by atoms with Crippen molar-refractivity contribution in [1.29, 1.82) is 0 Å². The highest BCUT2D eigenvalue weighted by Crippen LogP contribution is 2.20. The summed E-state index contributed by atoms with van der Waals surface area (Å²) >= 11 is 12.1. The van der Waals surface area contributed by atoms with Gasteiger partial charge in [0, 0.05) is 29.4 Å². The van der Waals surface area contributed by atoms with Crippen molar-refractivity contribution in [3.63, 3.8) is 0 Å². The second-order valence-corrected chi connectivity index (χ2v) is 6.83. The summed E-state index contributed by atoms with van der Waals surface area (Å²) in [7, 11) is 0. The lowest BCUT2D eigenvalue weighted by atomic mass is 10.2. The first-order valence-electron chi connectivity index (χ1n) is 9.16. The Morgan fingerprint density at radius 3 is 2.38 bits per heavy atom. The zero-order valence-corrected chi connectivity index (χ0v) is 17.6. The number of halogens is 2. The molecule has 29 heavy (non-hydrogen) atoms. The molecule has 3 aromatic rings. The molecule has 0 saturated carbocycles. The zero-order chi connectivity index (χ0) is 20.6. The molecule has 0 atom stereocenters. The number of benzene rings is 2. The van der Waals surface area contributed by atoms with Crippen molar-refractivity contribution in [3.05, 3.63) is 64.1 Å². The molecule has 0 aliphatic heterocycles. The number of nitrogens with zero attached hydrogens (tertiary/aromatic N) is 5. The van der Waals surface area contributed by atoms with Crippen LogP contribution in [0.4, 0.5) is 23.5 Å². The lowest BCUT2D eigenvalue weighted by Crippen LogP contribution is -2.25. The van der Waals surface area contributed by atoms with Crippen LogP contribution in [0.3, 0.4) is 0 Å². The van der Waals surface area contributed by atoms with E-state index in [0.717, 1.165) is 24.3 Å². The Labute approximate surface area is 179 Å². The molecule has 0 fully saturated rings. The first-order valence-corrected chi connectivity index (χ1v) is 9.92. The molecular formula is C20H21Cl2N7. The molecule has 7 nitrogen and oxygen atoms in total. The molecule has 1 aromatic heterocycles. The van der Waals surface area contributed by atoms with Gasteiger partial charge in [-0.2, -0.15) is 20.1 Å². The topological polar surface area (TPSA) is 78.3 Å². The van der Waals surface area contributed by atoms with Crippen LogP contribution in [0.15, 0.2) is 53.6 Å². The third kappa shape index (κ3) is 5.79. The Bertz CT molecular complexity index is 976. The van der Waals surface area contributed by atoms with Crippen LogP contribution < -0.4 is 15.6 Å². The number of hydrogen-bond acceptors (Lipinski definition) is 7. The fraction of sp³-hybridized carbons (Fsp3) is 0.200. The molecule has 0 saturated heterocycles. The number of hydrogen-bond donors (Lipinski definition) is 2. The molecule has 150 valence electrons. The third-order valence-electron chi connectivity index (χ3n) is 4.03. The number of nitrogens with one attached hydrogen (secondary N) is 2. The molecule has 0 aliphatic carbocycles. The largest absolute Gasteiger partial charge is 0.341 e. The Kier molecular flexibility index (Phi) is 7.21. The average Bonchev–Trinajstić information content (AvgIpc) is 2.71. The number of para-hydroxylation sites is 1. The van der Waals surface area contributed by atoms with Gasteiger partial charge in [-0.3, -0.25) is 0 Å². The Morgan fingerprint density at radius 1 is 0.966 bits per heavy atom. The van der Waals surface area contributed by atoms with E-state index in [-0.39, 0.29) is 0 Å². The summed E-state index contributed by atoms with van der Waals surface area (Å²) in [6, 6.07) is 14.9. The maximum atomic E-state index is 6.17. The summed E-state index contributed by atoms with van der Waals surface area (Å²) in [6.45, 7) is 5.64. The van der Waals surface area contributed by atoms with Crippen LogP contribution in [0.25, 0.3) is 0 Å². The van der Waals surface area contributed by atoms with Gasteiger partial charge < -0.3 is 10.2 Å². The van der Waals surface area contributed by atoms with Crippen LogP contribution in [-0.4, -0.2) is 34.3 Å². The number of rotatable bonds is 8. The molecule has 3 rings (SSSR count). The minimum absolute atomic E-state index is 0.321. The summed E-state index contributed by atoms with van der Waals surface area (Å²) in [4.78, 5) is 15.4. The number of aromatic nitrogens is 3. The summed E-state index contributed by atoms with van der Waals surface area (Å²) in [6.07, 6.45) is 1.59. The molecule has 9 heteroatoms. The van der Waals surface area contributed by atoms with Crippen molar-refractivity contribution in [2.24, 2.45) is 5.10 Å². The molecule has 0 radical (unpaired) electrons. The summed E-state index contributed by atoms with van der Waals surface area (Å²) in [5.74, 6) is 1.31. The predicted octanol–water partition coefficient (Wildman–Crippen LogP) is 5.21. The van der Waals surface area contributed by atoms with Crippen LogP contribution in [-0.2, 0) is 0 Å². The van der Waals surface area contributed by atoms with Crippen LogP contribution in [0.2, 0.25) is 10.0 Å². The van der Waals surface area contributed by atoms with Crippen molar-refractivity contribution in [2.45, 2.75) is 13.8 Å². The monoisotopic (exact) mass is 429 g/mol. The highest BCUT2D eigenvalue weighted by atomic mass is 35.5. The summed E-state index contributed by atoms with van der Waals surface area (Å²) < 4.78 is 0. The molecule has 0 amide bonds. The van der Waals surface area contributed by atoms with E-state index >= 15 is 0 Å². The van der Waals surface area contributed by atoms with E-state index in [1.54, 1.807) is 24.4 Å². The fourth-order valence-corrected chi connectivity index (χ4v) is 2.99. The predicted molar refractivity (Wildman–Crippen MR) is 121 cm³/mol. The zero-order valence-electron chi connectivity index (χ0n) is 16.1. The quantitative estimate of drug-likeness (QED) is 0.377. The molecule has 1 heterocycles. The van der Waals surface area contributed by atoms with E-state index in [4.69, 9.17) is 23.2 Å². The van der Waals surface area contributed by atoms with Crippen molar-refractivity contribution in [1.82, 2.24) is 15.0 Å². The second kappa shape index (κ2) is 10.0. The third-order valence-corrected chi connectivity index (χ3v) is 4.59. The van der Waals surface area contributed by atoms with Gasteiger partial charge in [0.15, 0.2) is 0 Å². The highest BCUT2D eigenvalue weighted by molar-refractivity contribution is 6.36. The minimum Gasteiger partial charge on any atom is -0.341 e. The maximum Gasteiger partial charge on any atom is 0.250 e. The standard InChI is InChI=1S/C20H21Cl2N7/c1-3-29(4-2)20-26-18(24-16-8-6-5-7-9-16)25-19(27-20)28-23-13-14-10-11-15(21)12-17(14)22/h5-13H,3-4H2,1-2H3,(H2,24,25,26,27,28)/b23-13-. The van der Waals surface area contributed by atoms with Crippen molar-refractivity contribution < 1.29 is 0 Å². The van der Waals surface area contributed by atoms with Crippen molar-refractivity contribution in [3.8, 4) is 0 Å². The minimum atomic E-state index is 0.321. The average molecular weight is 430 g/mol. The molecule has 2 N–H and O–H groups in total. The molecule has 0 aliphatic rings. The van der Waals surface area contributed by atoms with Crippen LogP contribution in [0.1, 0.15) is 19.4 Å². The Hall–Kier alpha value is -2.90. The van der Waals surface area contributed by atoms with Crippen LogP contribution in [0.5, 0.6) is 0 Å². The summed E-state index contributed by atoms with van der Waals surface area (Å²) in [5.41, 5.74) is 4.46. The van der Waals surface area contributed by atoms with E-state index < -0.39 is 0 Å². The van der Waals surface area contributed by atoms with Crippen molar-refractivity contribution in [2.75, 3.05) is 28.7 Å². The van der Waals surface area contributed by atoms with Gasteiger partial charge in [-0.05, 0) is 38.1 Å². The number of hydrazone groups is 1. The molecule has 0 bridgehead atoms. The van der Waals surface area contributed by atoms with Gasteiger partial charge in [-0.25, -0.2) is 5.43 Å². The second-order valence-electron chi connectivity index (χ2n) is 5.98. The van der Waals surface area contributed by atoms with Gasteiger partial charge in [-0.15, -0.1) is 0 Å². The SMILES string of the molecule is CCN(CC)c1nc(N/N=C\c2ccc(Cl)cc2Cl)nc(Nc2ccccc2)n1. The number of anilines is 4. The van der Waals surface area contributed by atoms with Crippen LogP contribution >= 0.6 is 23.2 Å².